The van der Waals surface area contributed by atoms with E-state index in [-0.39, 0.29) is 5.82 Å². The maximum Gasteiger partial charge on any atom is 0.153 e. The number of nitrogen functional groups attached to an aromatic ring is 1. The highest BCUT2D eigenvalue weighted by atomic mass is 35.5. The van der Waals surface area contributed by atoms with Crippen molar-refractivity contribution in [2.75, 3.05) is 5.73 Å². The zero-order valence-corrected chi connectivity index (χ0v) is 12.1. The smallest absolute Gasteiger partial charge is 0.153 e. The lowest BCUT2D eigenvalue weighted by Gasteiger charge is -2.08. The van der Waals surface area contributed by atoms with Gasteiger partial charge >= 0.3 is 0 Å². The number of aromatic amines is 1. The van der Waals surface area contributed by atoms with Gasteiger partial charge in [0.2, 0.25) is 0 Å². The van der Waals surface area contributed by atoms with Crippen molar-refractivity contribution in [3.05, 3.63) is 58.9 Å². The fraction of sp³-hybridized carbons (Fsp3) is 0.0625. The molecule has 2 aromatic carbocycles. The molecule has 0 amide bonds. The maximum atomic E-state index is 13.1. The minimum Gasteiger partial charge on any atom is -0.382 e. The van der Waals surface area contributed by atoms with E-state index in [1.54, 1.807) is 12.1 Å². The van der Waals surface area contributed by atoms with Crippen molar-refractivity contribution in [1.82, 2.24) is 10.2 Å². The summed E-state index contributed by atoms with van der Waals surface area (Å²) in [6.45, 7) is 1.96. The van der Waals surface area contributed by atoms with E-state index in [0.29, 0.717) is 10.8 Å². The lowest BCUT2D eigenvalue weighted by Crippen LogP contribution is -1.90. The fourth-order valence-electron chi connectivity index (χ4n) is 2.37. The van der Waals surface area contributed by atoms with Crippen molar-refractivity contribution in [2.45, 2.75) is 6.92 Å². The first-order chi connectivity index (χ1) is 10.1. The van der Waals surface area contributed by atoms with Crippen LogP contribution in [0.1, 0.15) is 5.56 Å². The van der Waals surface area contributed by atoms with E-state index in [1.807, 2.05) is 25.1 Å². The standard InChI is InChI=1S/C16H13ClFN3/c1-9-8-11(17)4-7-13(9)15-14(16(19)21-20-15)10-2-5-12(18)6-3-10/h2-8H,1H3,(H3,19,20,21). The van der Waals surface area contributed by atoms with E-state index in [2.05, 4.69) is 10.2 Å². The molecule has 0 aliphatic heterocycles. The van der Waals surface area contributed by atoms with Crippen LogP contribution in [0.5, 0.6) is 0 Å². The third-order valence-electron chi connectivity index (χ3n) is 3.38. The summed E-state index contributed by atoms with van der Waals surface area (Å²) in [5.41, 5.74) is 10.3. The Kier molecular flexibility index (Phi) is 3.39. The summed E-state index contributed by atoms with van der Waals surface area (Å²) in [7, 11) is 0. The molecule has 0 spiro atoms. The number of nitrogens with zero attached hydrogens (tertiary/aromatic N) is 1. The lowest BCUT2D eigenvalue weighted by molar-refractivity contribution is 0.628. The molecule has 0 aliphatic carbocycles. The molecule has 5 heteroatoms. The number of benzene rings is 2. The van der Waals surface area contributed by atoms with Crippen molar-refractivity contribution in [2.24, 2.45) is 0 Å². The van der Waals surface area contributed by atoms with Gasteiger partial charge in [0, 0.05) is 10.6 Å². The molecule has 0 aliphatic rings. The van der Waals surface area contributed by atoms with Gasteiger partial charge < -0.3 is 5.73 Å². The molecule has 0 unspecified atom stereocenters. The number of aromatic nitrogens is 2. The van der Waals surface area contributed by atoms with E-state index in [9.17, 15) is 4.39 Å². The summed E-state index contributed by atoms with van der Waals surface area (Å²) in [6.07, 6.45) is 0. The summed E-state index contributed by atoms with van der Waals surface area (Å²) >= 11 is 5.99. The molecule has 0 saturated heterocycles. The van der Waals surface area contributed by atoms with Gasteiger partial charge in [-0.1, -0.05) is 29.8 Å². The Morgan fingerprint density at radius 3 is 2.52 bits per heavy atom. The zero-order valence-electron chi connectivity index (χ0n) is 11.3. The molecule has 3 rings (SSSR count). The third kappa shape index (κ3) is 2.50. The van der Waals surface area contributed by atoms with E-state index in [4.69, 9.17) is 17.3 Å². The second kappa shape index (κ2) is 5.22. The molecule has 106 valence electrons. The third-order valence-corrected chi connectivity index (χ3v) is 3.62. The highest BCUT2D eigenvalue weighted by Crippen LogP contribution is 2.36. The number of nitrogens with one attached hydrogen (secondary N) is 1. The predicted molar refractivity (Wildman–Crippen MR) is 83.6 cm³/mol. The zero-order chi connectivity index (χ0) is 15.0. The molecular weight excluding hydrogens is 289 g/mol. The molecule has 3 N–H and O–H groups in total. The number of hydrogen-bond donors (Lipinski definition) is 2. The van der Waals surface area contributed by atoms with Gasteiger partial charge in [-0.05, 0) is 42.3 Å². The van der Waals surface area contributed by atoms with Crippen LogP contribution in [0.25, 0.3) is 22.4 Å². The number of hydrogen-bond acceptors (Lipinski definition) is 2. The highest BCUT2D eigenvalue weighted by Gasteiger charge is 2.16. The van der Waals surface area contributed by atoms with Crippen LogP contribution in [0.4, 0.5) is 10.2 Å². The van der Waals surface area contributed by atoms with Gasteiger partial charge in [0.25, 0.3) is 0 Å². The Hall–Kier alpha value is -2.33. The average molecular weight is 302 g/mol. The van der Waals surface area contributed by atoms with Crippen molar-refractivity contribution >= 4 is 17.4 Å². The van der Waals surface area contributed by atoms with Crippen LogP contribution in [-0.2, 0) is 0 Å². The van der Waals surface area contributed by atoms with Crippen LogP contribution in [0.3, 0.4) is 0 Å². The highest BCUT2D eigenvalue weighted by molar-refractivity contribution is 6.30. The van der Waals surface area contributed by atoms with Crippen molar-refractivity contribution < 1.29 is 4.39 Å². The molecular formula is C16H13ClFN3. The summed E-state index contributed by atoms with van der Waals surface area (Å²) in [6, 6.07) is 11.8. The van der Waals surface area contributed by atoms with Crippen LogP contribution in [0.15, 0.2) is 42.5 Å². The summed E-state index contributed by atoms with van der Waals surface area (Å²) in [4.78, 5) is 0. The molecule has 0 radical (unpaired) electrons. The predicted octanol–water partition coefficient (Wildman–Crippen LogP) is 4.43. The molecule has 0 saturated carbocycles. The molecule has 1 heterocycles. The van der Waals surface area contributed by atoms with Crippen molar-refractivity contribution in [3.63, 3.8) is 0 Å². The Bertz CT molecular complexity index is 794. The van der Waals surface area contributed by atoms with Gasteiger partial charge in [0.05, 0.1) is 11.3 Å². The van der Waals surface area contributed by atoms with Crippen LogP contribution in [0.2, 0.25) is 5.02 Å². The average Bonchev–Trinajstić information content (AvgIpc) is 2.82. The van der Waals surface area contributed by atoms with Crippen LogP contribution in [0, 0.1) is 12.7 Å². The number of aryl methyl sites for hydroxylation is 1. The van der Waals surface area contributed by atoms with E-state index in [1.165, 1.54) is 12.1 Å². The van der Waals surface area contributed by atoms with Gasteiger partial charge in [-0.25, -0.2) is 4.39 Å². The van der Waals surface area contributed by atoms with Gasteiger partial charge in [0.1, 0.15) is 5.82 Å². The van der Waals surface area contributed by atoms with Gasteiger partial charge in [0.15, 0.2) is 5.82 Å². The van der Waals surface area contributed by atoms with Gasteiger partial charge in [-0.15, -0.1) is 0 Å². The Morgan fingerprint density at radius 1 is 1.14 bits per heavy atom. The molecule has 21 heavy (non-hydrogen) atoms. The first-order valence-corrected chi connectivity index (χ1v) is 6.80. The summed E-state index contributed by atoms with van der Waals surface area (Å²) in [5.74, 6) is 0.0935. The minimum atomic E-state index is -0.287. The Labute approximate surface area is 126 Å². The summed E-state index contributed by atoms with van der Waals surface area (Å²) < 4.78 is 13.1. The number of halogens is 2. The molecule has 3 nitrogen and oxygen atoms in total. The number of rotatable bonds is 2. The molecule has 1 aromatic heterocycles. The van der Waals surface area contributed by atoms with Crippen molar-refractivity contribution in [3.8, 4) is 22.4 Å². The second-order valence-electron chi connectivity index (χ2n) is 4.82. The van der Waals surface area contributed by atoms with Crippen LogP contribution >= 0.6 is 11.6 Å². The quantitative estimate of drug-likeness (QED) is 0.736. The van der Waals surface area contributed by atoms with Crippen LogP contribution < -0.4 is 5.73 Å². The topological polar surface area (TPSA) is 54.7 Å². The largest absolute Gasteiger partial charge is 0.382 e. The maximum absolute atomic E-state index is 13.1. The van der Waals surface area contributed by atoms with E-state index >= 15 is 0 Å². The lowest BCUT2D eigenvalue weighted by atomic mass is 9.98. The normalized spacial score (nSPS) is 10.8. The summed E-state index contributed by atoms with van der Waals surface area (Å²) in [5, 5.41) is 7.71. The Morgan fingerprint density at radius 2 is 1.86 bits per heavy atom. The molecule has 0 fully saturated rings. The first kappa shape index (κ1) is 13.6. The SMILES string of the molecule is Cc1cc(Cl)ccc1-c1[nH]nc(N)c1-c1ccc(F)cc1. The first-order valence-electron chi connectivity index (χ1n) is 6.42. The monoisotopic (exact) mass is 301 g/mol. The van der Waals surface area contributed by atoms with Gasteiger partial charge in [-0.2, -0.15) is 5.10 Å². The minimum absolute atomic E-state index is 0.287. The molecule has 3 aromatic rings. The molecule has 0 atom stereocenters. The fourth-order valence-corrected chi connectivity index (χ4v) is 2.59. The van der Waals surface area contributed by atoms with Crippen LogP contribution in [-0.4, -0.2) is 10.2 Å². The number of H-pyrrole nitrogens is 1. The Balaban J connectivity index is 2.19. The van der Waals surface area contributed by atoms with E-state index < -0.39 is 0 Å². The van der Waals surface area contributed by atoms with E-state index in [0.717, 1.165) is 27.9 Å². The number of anilines is 1. The molecule has 0 bridgehead atoms. The second-order valence-corrected chi connectivity index (χ2v) is 5.26. The van der Waals surface area contributed by atoms with Gasteiger partial charge in [-0.3, -0.25) is 5.10 Å². The number of nitrogens with two attached hydrogens (primary N) is 1. The van der Waals surface area contributed by atoms with Crippen molar-refractivity contribution in [1.29, 1.82) is 0 Å².